The van der Waals surface area contributed by atoms with E-state index in [9.17, 15) is 4.79 Å². The number of hydrogen-bond acceptors (Lipinski definition) is 4. The van der Waals surface area contributed by atoms with Gasteiger partial charge in [0, 0.05) is 44.9 Å². The summed E-state index contributed by atoms with van der Waals surface area (Å²) in [6.07, 6.45) is -0.0933. The van der Waals surface area contributed by atoms with Crippen molar-refractivity contribution in [1.82, 2.24) is 9.80 Å². The average Bonchev–Trinajstić information content (AvgIpc) is 2.33. The molecule has 0 saturated carbocycles. The van der Waals surface area contributed by atoms with Crippen LogP contribution in [0, 0.1) is 0 Å². The fourth-order valence-corrected chi connectivity index (χ4v) is 2.42. The molecule has 5 nitrogen and oxygen atoms in total. The summed E-state index contributed by atoms with van der Waals surface area (Å²) in [5.41, 5.74) is 0.223. The van der Waals surface area contributed by atoms with Gasteiger partial charge in [-0.1, -0.05) is 0 Å². The lowest BCUT2D eigenvalue weighted by molar-refractivity contribution is -0.150. The van der Waals surface area contributed by atoms with Crippen LogP contribution in [0.25, 0.3) is 0 Å². The van der Waals surface area contributed by atoms with E-state index >= 15 is 0 Å². The summed E-state index contributed by atoms with van der Waals surface area (Å²) < 4.78 is 5.23. The SMILES string of the molecule is CCOC(CCN1CCN(C(C)(C)C)CC1)C(=O)O. The molecule has 1 N–H and O–H groups in total. The standard InChI is InChI=1S/C14H28N2O3/c1-5-19-12(13(17)18)6-7-15-8-10-16(11-9-15)14(2,3)4/h12H,5-11H2,1-4H3,(H,17,18). The number of aliphatic carboxylic acids is 1. The van der Waals surface area contributed by atoms with Gasteiger partial charge in [-0.3, -0.25) is 4.90 Å². The average molecular weight is 272 g/mol. The fourth-order valence-electron chi connectivity index (χ4n) is 2.42. The molecule has 19 heavy (non-hydrogen) atoms. The lowest BCUT2D eigenvalue weighted by Crippen LogP contribution is -2.53. The molecular formula is C14H28N2O3. The zero-order valence-corrected chi connectivity index (χ0v) is 12.7. The van der Waals surface area contributed by atoms with Crippen LogP contribution in [-0.4, -0.2) is 71.8 Å². The number of carboxylic acids is 1. The van der Waals surface area contributed by atoms with Crippen LogP contribution in [0.1, 0.15) is 34.1 Å². The van der Waals surface area contributed by atoms with Crippen molar-refractivity contribution >= 4 is 5.97 Å². The van der Waals surface area contributed by atoms with E-state index in [0.29, 0.717) is 13.0 Å². The van der Waals surface area contributed by atoms with E-state index < -0.39 is 12.1 Å². The minimum absolute atomic E-state index is 0.223. The first kappa shape index (κ1) is 16.4. The van der Waals surface area contributed by atoms with Gasteiger partial charge in [0.05, 0.1) is 0 Å². The van der Waals surface area contributed by atoms with Crippen molar-refractivity contribution in [3.05, 3.63) is 0 Å². The Morgan fingerprint density at radius 1 is 1.26 bits per heavy atom. The topological polar surface area (TPSA) is 53.0 Å². The Kier molecular flexibility index (Phi) is 6.23. The molecule has 0 amide bonds. The van der Waals surface area contributed by atoms with E-state index in [-0.39, 0.29) is 5.54 Å². The van der Waals surface area contributed by atoms with Crippen LogP contribution in [0.4, 0.5) is 0 Å². The first-order valence-electron chi connectivity index (χ1n) is 7.16. The highest BCUT2D eigenvalue weighted by Gasteiger charge is 2.26. The summed E-state index contributed by atoms with van der Waals surface area (Å²) in [6, 6.07) is 0. The third kappa shape index (κ3) is 5.47. The monoisotopic (exact) mass is 272 g/mol. The second-order valence-corrected chi connectivity index (χ2v) is 6.07. The normalized spacial score (nSPS) is 20.4. The summed E-state index contributed by atoms with van der Waals surface area (Å²) in [5.74, 6) is -0.852. The van der Waals surface area contributed by atoms with Crippen molar-refractivity contribution in [1.29, 1.82) is 0 Å². The third-order valence-corrected chi connectivity index (χ3v) is 3.67. The quantitative estimate of drug-likeness (QED) is 0.789. The molecule has 1 fully saturated rings. The molecule has 112 valence electrons. The number of rotatable bonds is 6. The van der Waals surface area contributed by atoms with E-state index in [1.54, 1.807) is 0 Å². The van der Waals surface area contributed by atoms with Crippen LogP contribution in [0.15, 0.2) is 0 Å². The molecule has 1 aliphatic heterocycles. The van der Waals surface area contributed by atoms with Gasteiger partial charge in [-0.25, -0.2) is 4.79 Å². The Labute approximate surface area is 116 Å². The number of hydrogen-bond donors (Lipinski definition) is 1. The van der Waals surface area contributed by atoms with Crippen LogP contribution >= 0.6 is 0 Å². The zero-order valence-electron chi connectivity index (χ0n) is 12.7. The Hall–Kier alpha value is -0.650. The maximum atomic E-state index is 11.0. The maximum absolute atomic E-state index is 11.0. The summed E-state index contributed by atoms with van der Waals surface area (Å²) in [7, 11) is 0. The van der Waals surface area contributed by atoms with Crippen molar-refractivity contribution in [3.63, 3.8) is 0 Å². The largest absolute Gasteiger partial charge is 0.479 e. The third-order valence-electron chi connectivity index (χ3n) is 3.67. The number of carbonyl (C=O) groups is 1. The van der Waals surface area contributed by atoms with Crippen LogP contribution in [0.5, 0.6) is 0 Å². The Morgan fingerprint density at radius 2 is 1.84 bits per heavy atom. The minimum Gasteiger partial charge on any atom is -0.479 e. The maximum Gasteiger partial charge on any atom is 0.332 e. The minimum atomic E-state index is -0.852. The number of nitrogens with zero attached hydrogens (tertiary/aromatic N) is 2. The van der Waals surface area contributed by atoms with Gasteiger partial charge in [0.2, 0.25) is 0 Å². The first-order valence-corrected chi connectivity index (χ1v) is 7.16. The van der Waals surface area contributed by atoms with E-state index in [1.165, 1.54) is 0 Å². The summed E-state index contributed by atoms with van der Waals surface area (Å²) in [6.45, 7) is 13.9. The summed E-state index contributed by atoms with van der Waals surface area (Å²) in [4.78, 5) is 15.8. The van der Waals surface area contributed by atoms with Crippen LogP contribution in [-0.2, 0) is 9.53 Å². The molecule has 0 aromatic carbocycles. The van der Waals surface area contributed by atoms with Crippen molar-refractivity contribution in [2.75, 3.05) is 39.3 Å². The van der Waals surface area contributed by atoms with E-state index in [4.69, 9.17) is 9.84 Å². The number of piperazine rings is 1. The molecule has 1 heterocycles. The molecule has 0 aromatic rings. The molecule has 1 unspecified atom stereocenters. The lowest BCUT2D eigenvalue weighted by atomic mass is 10.0. The van der Waals surface area contributed by atoms with E-state index in [0.717, 1.165) is 32.7 Å². The van der Waals surface area contributed by atoms with Gasteiger partial charge >= 0.3 is 5.97 Å². The van der Waals surface area contributed by atoms with Crippen LogP contribution < -0.4 is 0 Å². The molecule has 0 aliphatic carbocycles. The molecule has 1 rings (SSSR count). The van der Waals surface area contributed by atoms with Crippen molar-refractivity contribution < 1.29 is 14.6 Å². The lowest BCUT2D eigenvalue weighted by Gasteiger charge is -2.42. The first-order chi connectivity index (χ1) is 8.84. The number of ether oxygens (including phenoxy) is 1. The van der Waals surface area contributed by atoms with Gasteiger partial charge in [0.15, 0.2) is 6.10 Å². The number of carboxylic acid groups (broad SMARTS) is 1. The smallest absolute Gasteiger partial charge is 0.332 e. The van der Waals surface area contributed by atoms with Crippen molar-refractivity contribution in [3.8, 4) is 0 Å². The van der Waals surface area contributed by atoms with Gasteiger partial charge in [-0.15, -0.1) is 0 Å². The van der Waals surface area contributed by atoms with E-state index in [2.05, 4.69) is 30.6 Å². The summed E-state index contributed by atoms with van der Waals surface area (Å²) >= 11 is 0. The molecule has 5 heteroatoms. The van der Waals surface area contributed by atoms with Gasteiger partial charge in [0.1, 0.15) is 0 Å². The molecule has 1 aliphatic rings. The van der Waals surface area contributed by atoms with Crippen LogP contribution in [0.3, 0.4) is 0 Å². The fraction of sp³-hybridized carbons (Fsp3) is 0.929. The highest BCUT2D eigenvalue weighted by Crippen LogP contribution is 2.16. The molecule has 0 bridgehead atoms. The van der Waals surface area contributed by atoms with Gasteiger partial charge in [-0.05, 0) is 34.1 Å². The Bertz CT molecular complexity index is 281. The van der Waals surface area contributed by atoms with Crippen molar-refractivity contribution in [2.24, 2.45) is 0 Å². The molecule has 0 spiro atoms. The predicted octanol–water partition coefficient (Wildman–Crippen LogP) is 1.28. The second-order valence-electron chi connectivity index (χ2n) is 6.07. The highest BCUT2D eigenvalue weighted by atomic mass is 16.5. The second kappa shape index (κ2) is 7.22. The van der Waals surface area contributed by atoms with Gasteiger partial charge in [-0.2, -0.15) is 0 Å². The van der Waals surface area contributed by atoms with Crippen LogP contribution in [0.2, 0.25) is 0 Å². The molecule has 1 atom stereocenters. The molecule has 1 saturated heterocycles. The predicted molar refractivity (Wildman–Crippen MR) is 75.4 cm³/mol. The van der Waals surface area contributed by atoms with Gasteiger partial charge < -0.3 is 14.7 Å². The zero-order chi connectivity index (χ0) is 14.5. The van der Waals surface area contributed by atoms with E-state index in [1.807, 2.05) is 6.92 Å². The molecule has 0 radical (unpaired) electrons. The molecular weight excluding hydrogens is 244 g/mol. The van der Waals surface area contributed by atoms with Crippen molar-refractivity contribution in [2.45, 2.75) is 45.8 Å². The highest BCUT2D eigenvalue weighted by molar-refractivity contribution is 5.72. The Balaban J connectivity index is 2.31. The van der Waals surface area contributed by atoms with Gasteiger partial charge in [0.25, 0.3) is 0 Å². The summed E-state index contributed by atoms with van der Waals surface area (Å²) in [5, 5.41) is 9.03. The Morgan fingerprint density at radius 3 is 2.26 bits per heavy atom. The molecule has 0 aromatic heterocycles.